The topological polar surface area (TPSA) is 76.2 Å². The molecule has 1 aliphatic heterocycles. The number of nitrogens with zero attached hydrogens (tertiary/aromatic N) is 2. The van der Waals surface area contributed by atoms with Gasteiger partial charge in [0.2, 0.25) is 10.0 Å². The summed E-state index contributed by atoms with van der Waals surface area (Å²) in [6.07, 6.45) is 0.895. The molecule has 0 N–H and O–H groups in total. The first-order valence-corrected chi connectivity index (χ1v) is 16.9. The highest BCUT2D eigenvalue weighted by atomic mass is 32.2. The molecule has 9 heteroatoms. The van der Waals surface area contributed by atoms with Gasteiger partial charge in [-0.2, -0.15) is 4.31 Å². The Morgan fingerprint density at radius 2 is 1.61 bits per heavy atom. The first-order chi connectivity index (χ1) is 16.9. The molecule has 2 aromatic carbocycles. The first kappa shape index (κ1) is 28.4. The molecule has 0 spiro atoms. The fourth-order valence-electron chi connectivity index (χ4n) is 3.96. The Labute approximate surface area is 217 Å². The minimum absolute atomic E-state index is 0.111. The average Bonchev–Trinajstić information content (AvgIpc) is 2.85. The Bertz CT molecular complexity index is 1090. The van der Waals surface area contributed by atoms with Gasteiger partial charge in [0, 0.05) is 32.3 Å². The van der Waals surface area contributed by atoms with Crippen molar-refractivity contribution in [2.45, 2.75) is 69.3 Å². The third-order valence-electron chi connectivity index (χ3n) is 7.19. The minimum Gasteiger partial charge on any atom is -0.445 e. The number of amides is 1. The second-order valence-electron chi connectivity index (χ2n) is 10.8. The second kappa shape index (κ2) is 11.9. The van der Waals surface area contributed by atoms with Crippen LogP contribution < -0.4 is 0 Å². The van der Waals surface area contributed by atoms with Crippen LogP contribution in [0.25, 0.3) is 0 Å². The number of carbonyl (C=O) groups excluding carboxylic acids is 1. The number of hydrogen-bond acceptors (Lipinski definition) is 5. The molecule has 7 nitrogen and oxygen atoms in total. The Morgan fingerprint density at radius 1 is 1.00 bits per heavy atom. The lowest BCUT2D eigenvalue weighted by molar-refractivity contribution is 0.0677. The van der Waals surface area contributed by atoms with Crippen molar-refractivity contribution in [3.63, 3.8) is 0 Å². The molecule has 0 bridgehead atoms. The predicted molar refractivity (Wildman–Crippen MR) is 145 cm³/mol. The van der Waals surface area contributed by atoms with Gasteiger partial charge in [-0.25, -0.2) is 13.2 Å². The molecule has 1 fully saturated rings. The highest BCUT2D eigenvalue weighted by Crippen LogP contribution is 2.36. The van der Waals surface area contributed by atoms with Gasteiger partial charge in [-0.05, 0) is 48.7 Å². The molecule has 1 saturated heterocycles. The highest BCUT2D eigenvalue weighted by Gasteiger charge is 2.39. The summed E-state index contributed by atoms with van der Waals surface area (Å²) in [6, 6.07) is 17.7. The standard InChI is InChI=1S/C27H40N2O5SSi/c1-27(2,3)36(4,5)34-20-12-15-24-21-28(26(30)33-22-23-13-8-6-9-14-23)18-19-29(24)35(31,32)25-16-10-7-11-17-25/h6-11,13-14,16-17,24H,12,15,18-22H2,1-5H3/t24-/m0/s1. The summed E-state index contributed by atoms with van der Waals surface area (Å²) in [6.45, 7) is 12.6. The number of piperazine rings is 1. The van der Waals surface area contributed by atoms with Gasteiger partial charge in [-0.15, -0.1) is 0 Å². The van der Waals surface area contributed by atoms with E-state index in [0.717, 1.165) is 5.56 Å². The van der Waals surface area contributed by atoms with Gasteiger partial charge in [0.1, 0.15) is 6.61 Å². The molecule has 1 atom stereocenters. The van der Waals surface area contributed by atoms with Crippen LogP contribution in [0.2, 0.25) is 18.1 Å². The summed E-state index contributed by atoms with van der Waals surface area (Å²) < 4.78 is 40.3. The fraction of sp³-hybridized carbons (Fsp3) is 0.519. The number of hydrogen-bond donors (Lipinski definition) is 0. The van der Waals surface area contributed by atoms with Crippen LogP contribution in [0.3, 0.4) is 0 Å². The third kappa shape index (κ3) is 7.18. The summed E-state index contributed by atoms with van der Waals surface area (Å²) in [7, 11) is -5.57. The first-order valence-electron chi connectivity index (χ1n) is 12.6. The Balaban J connectivity index is 1.69. The maximum absolute atomic E-state index is 13.5. The summed E-state index contributed by atoms with van der Waals surface area (Å²) in [4.78, 5) is 14.7. The zero-order valence-corrected chi connectivity index (χ0v) is 24.0. The van der Waals surface area contributed by atoms with Gasteiger partial charge in [0.25, 0.3) is 0 Å². The lowest BCUT2D eigenvalue weighted by atomic mass is 10.1. The number of carbonyl (C=O) groups is 1. The average molecular weight is 533 g/mol. The maximum atomic E-state index is 13.5. The van der Waals surface area contributed by atoms with Gasteiger partial charge in [0.05, 0.1) is 4.90 Å². The van der Waals surface area contributed by atoms with E-state index in [1.807, 2.05) is 30.3 Å². The monoisotopic (exact) mass is 532 g/mol. The van der Waals surface area contributed by atoms with E-state index in [2.05, 4.69) is 33.9 Å². The lowest BCUT2D eigenvalue weighted by Crippen LogP contribution is -2.56. The zero-order chi connectivity index (χ0) is 26.4. The Morgan fingerprint density at radius 3 is 2.22 bits per heavy atom. The molecule has 1 heterocycles. The molecule has 0 unspecified atom stereocenters. The quantitative estimate of drug-likeness (QED) is 0.315. The van der Waals surface area contributed by atoms with Crippen LogP contribution in [0.15, 0.2) is 65.6 Å². The highest BCUT2D eigenvalue weighted by molar-refractivity contribution is 7.89. The summed E-state index contributed by atoms with van der Waals surface area (Å²) in [5.41, 5.74) is 0.912. The number of rotatable bonds is 9. The van der Waals surface area contributed by atoms with Crippen LogP contribution >= 0.6 is 0 Å². The Hall–Kier alpha value is -2.20. The van der Waals surface area contributed by atoms with Crippen LogP contribution in [0.4, 0.5) is 4.79 Å². The fourth-order valence-corrected chi connectivity index (χ4v) is 6.70. The van der Waals surface area contributed by atoms with Crippen LogP contribution in [0.5, 0.6) is 0 Å². The number of ether oxygens (including phenoxy) is 1. The SMILES string of the molecule is CC(C)(C)[Si](C)(C)OCCC[C@H]1CN(C(=O)OCc2ccccc2)CCN1S(=O)(=O)c1ccccc1. The molecular formula is C27H40N2O5SSi. The van der Waals surface area contributed by atoms with Crippen molar-refractivity contribution >= 4 is 24.4 Å². The van der Waals surface area contributed by atoms with Gasteiger partial charge in [-0.1, -0.05) is 69.3 Å². The van der Waals surface area contributed by atoms with Crippen molar-refractivity contribution < 1.29 is 22.4 Å². The van der Waals surface area contributed by atoms with Crippen molar-refractivity contribution in [1.82, 2.24) is 9.21 Å². The molecule has 3 rings (SSSR count). The lowest BCUT2D eigenvalue weighted by Gasteiger charge is -2.40. The molecule has 1 amide bonds. The van der Waals surface area contributed by atoms with Crippen molar-refractivity contribution in [2.75, 3.05) is 26.2 Å². The summed E-state index contributed by atoms with van der Waals surface area (Å²) in [5, 5.41) is 0.111. The largest absolute Gasteiger partial charge is 0.445 e. The van der Waals surface area contributed by atoms with E-state index < -0.39 is 24.4 Å². The van der Waals surface area contributed by atoms with E-state index in [9.17, 15) is 13.2 Å². The molecule has 0 aliphatic carbocycles. The van der Waals surface area contributed by atoms with Crippen molar-refractivity contribution in [2.24, 2.45) is 0 Å². The van der Waals surface area contributed by atoms with E-state index in [1.54, 1.807) is 39.5 Å². The second-order valence-corrected chi connectivity index (χ2v) is 17.5. The summed E-state index contributed by atoms with van der Waals surface area (Å²) >= 11 is 0. The van der Waals surface area contributed by atoms with Gasteiger partial charge in [-0.3, -0.25) is 0 Å². The van der Waals surface area contributed by atoms with Crippen molar-refractivity contribution in [3.8, 4) is 0 Å². The van der Waals surface area contributed by atoms with Crippen LogP contribution in [0, 0.1) is 0 Å². The molecule has 2 aromatic rings. The van der Waals surface area contributed by atoms with Crippen LogP contribution in [-0.2, 0) is 25.8 Å². The molecular weight excluding hydrogens is 492 g/mol. The molecule has 1 aliphatic rings. The molecule has 198 valence electrons. The van der Waals surface area contributed by atoms with Gasteiger partial charge >= 0.3 is 6.09 Å². The zero-order valence-electron chi connectivity index (χ0n) is 22.1. The number of benzene rings is 2. The van der Waals surface area contributed by atoms with Crippen LogP contribution in [0.1, 0.15) is 39.2 Å². The van der Waals surface area contributed by atoms with Crippen LogP contribution in [-0.4, -0.2) is 64.3 Å². The maximum Gasteiger partial charge on any atom is 0.410 e. The Kier molecular flexibility index (Phi) is 9.37. The summed E-state index contributed by atoms with van der Waals surface area (Å²) in [5.74, 6) is 0. The number of sulfonamides is 1. The van der Waals surface area contributed by atoms with Crippen molar-refractivity contribution in [1.29, 1.82) is 0 Å². The van der Waals surface area contributed by atoms with Crippen molar-refractivity contribution in [3.05, 3.63) is 66.2 Å². The molecule has 0 saturated carbocycles. The molecule has 0 aromatic heterocycles. The smallest absolute Gasteiger partial charge is 0.410 e. The predicted octanol–water partition coefficient (Wildman–Crippen LogP) is 5.50. The molecule has 0 radical (unpaired) electrons. The van der Waals surface area contributed by atoms with E-state index >= 15 is 0 Å². The van der Waals surface area contributed by atoms with Gasteiger partial charge in [0.15, 0.2) is 8.32 Å². The van der Waals surface area contributed by atoms with E-state index in [-0.39, 0.29) is 35.7 Å². The molecule has 36 heavy (non-hydrogen) atoms. The van der Waals surface area contributed by atoms with Gasteiger partial charge < -0.3 is 14.1 Å². The van der Waals surface area contributed by atoms with E-state index in [4.69, 9.17) is 9.16 Å². The third-order valence-corrected chi connectivity index (χ3v) is 13.7. The van der Waals surface area contributed by atoms with E-state index in [1.165, 1.54) is 0 Å². The normalized spacial score (nSPS) is 17.7. The minimum atomic E-state index is -3.68. The van der Waals surface area contributed by atoms with E-state index in [0.29, 0.717) is 26.0 Å².